The van der Waals surface area contributed by atoms with Crippen LogP contribution in [0.4, 0.5) is 0 Å². The van der Waals surface area contributed by atoms with Crippen molar-refractivity contribution in [1.82, 2.24) is 4.98 Å². The molecule has 1 aromatic heterocycles. The van der Waals surface area contributed by atoms with Crippen molar-refractivity contribution in [3.63, 3.8) is 0 Å². The number of ether oxygens (including phenoxy) is 1. The van der Waals surface area contributed by atoms with Gasteiger partial charge in [-0.05, 0) is 42.2 Å². The first kappa shape index (κ1) is 21.8. The summed E-state index contributed by atoms with van der Waals surface area (Å²) in [6.45, 7) is 0.744. The number of rotatable bonds is 13. The summed E-state index contributed by atoms with van der Waals surface area (Å²) in [5.41, 5.74) is 3.39. The summed E-state index contributed by atoms with van der Waals surface area (Å²) in [7, 11) is 0. The van der Waals surface area contributed by atoms with Crippen molar-refractivity contribution in [2.45, 2.75) is 51.4 Å². The molecule has 30 heavy (non-hydrogen) atoms. The van der Waals surface area contributed by atoms with Crippen LogP contribution in [0.1, 0.15) is 50.5 Å². The minimum atomic E-state index is 0.326. The molecule has 1 heterocycles. The molecular weight excluding hydrogens is 370 g/mol. The van der Waals surface area contributed by atoms with E-state index < -0.39 is 0 Å². The van der Waals surface area contributed by atoms with E-state index in [2.05, 4.69) is 41.4 Å². The Kier molecular flexibility index (Phi) is 9.13. The molecule has 0 aliphatic carbocycles. The summed E-state index contributed by atoms with van der Waals surface area (Å²) >= 11 is 0. The lowest BCUT2D eigenvalue weighted by Crippen LogP contribution is -2.02. The van der Waals surface area contributed by atoms with E-state index in [0.29, 0.717) is 18.6 Å². The van der Waals surface area contributed by atoms with Crippen molar-refractivity contribution in [1.29, 1.82) is 0 Å². The number of unbranched alkanes of at least 4 members (excludes halogenated alkanes) is 5. The van der Waals surface area contributed by atoms with Gasteiger partial charge in [-0.15, -0.1) is 0 Å². The van der Waals surface area contributed by atoms with Crippen LogP contribution >= 0.6 is 0 Å². The number of hydrogen-bond donors (Lipinski definition) is 0. The van der Waals surface area contributed by atoms with Gasteiger partial charge in [0.1, 0.15) is 11.5 Å². The van der Waals surface area contributed by atoms with Gasteiger partial charge in [-0.1, -0.05) is 74.2 Å². The molecule has 156 valence electrons. The second-order valence-electron chi connectivity index (χ2n) is 7.65. The Morgan fingerprint density at radius 1 is 0.733 bits per heavy atom. The van der Waals surface area contributed by atoms with Gasteiger partial charge in [0.15, 0.2) is 0 Å². The fourth-order valence-corrected chi connectivity index (χ4v) is 3.58. The van der Waals surface area contributed by atoms with Gasteiger partial charge in [0.2, 0.25) is 0 Å². The van der Waals surface area contributed by atoms with Gasteiger partial charge in [0, 0.05) is 30.8 Å². The summed E-state index contributed by atoms with van der Waals surface area (Å²) < 4.78 is 6.06. The molecule has 0 saturated heterocycles. The third-order valence-corrected chi connectivity index (χ3v) is 5.23. The molecule has 0 spiro atoms. The molecule has 0 N–H and O–H groups in total. The van der Waals surface area contributed by atoms with Crippen molar-refractivity contribution in [2.24, 2.45) is 0 Å². The average Bonchev–Trinajstić information content (AvgIpc) is 2.79. The number of ketones is 1. The van der Waals surface area contributed by atoms with Crippen molar-refractivity contribution in [3.05, 3.63) is 84.7 Å². The highest BCUT2D eigenvalue weighted by Crippen LogP contribution is 2.29. The Labute approximate surface area is 180 Å². The van der Waals surface area contributed by atoms with E-state index in [9.17, 15) is 4.79 Å². The first-order chi connectivity index (χ1) is 14.8. The molecule has 0 saturated carbocycles. The van der Waals surface area contributed by atoms with E-state index in [1.54, 1.807) is 12.4 Å². The molecular formula is C27H31NO2. The van der Waals surface area contributed by atoms with E-state index in [4.69, 9.17) is 4.74 Å². The summed E-state index contributed by atoms with van der Waals surface area (Å²) in [6.07, 6.45) is 11.4. The van der Waals surface area contributed by atoms with Crippen LogP contribution < -0.4 is 4.74 Å². The van der Waals surface area contributed by atoms with Crippen LogP contribution in [-0.2, 0) is 11.2 Å². The van der Waals surface area contributed by atoms with Gasteiger partial charge in [0.05, 0.1) is 6.61 Å². The third kappa shape index (κ3) is 7.47. The zero-order valence-electron chi connectivity index (χ0n) is 17.6. The lowest BCUT2D eigenvalue weighted by Gasteiger charge is -2.11. The highest BCUT2D eigenvalue weighted by molar-refractivity contribution is 5.80. The molecule has 0 amide bonds. The molecule has 0 fully saturated rings. The molecule has 3 nitrogen and oxygen atoms in total. The molecule has 0 aliphatic rings. The van der Waals surface area contributed by atoms with Crippen LogP contribution in [-0.4, -0.2) is 17.4 Å². The number of nitrogens with zero attached hydrogens (tertiary/aromatic N) is 1. The highest BCUT2D eigenvalue weighted by atomic mass is 16.5. The number of pyridine rings is 1. The molecule has 3 rings (SSSR count). The molecule has 3 heteroatoms. The number of carbonyl (C=O) groups excluding carboxylic acids is 1. The Morgan fingerprint density at radius 2 is 1.40 bits per heavy atom. The number of Topliss-reactive ketones (excluding diaryl/α,β-unsaturated/α-hetero) is 1. The summed E-state index contributed by atoms with van der Waals surface area (Å²) in [4.78, 5) is 16.0. The Hall–Kier alpha value is -2.94. The molecule has 3 aromatic rings. The van der Waals surface area contributed by atoms with Crippen LogP contribution in [0.5, 0.6) is 5.75 Å². The maximum Gasteiger partial charge on any atom is 0.137 e. The van der Waals surface area contributed by atoms with E-state index in [0.717, 1.165) is 42.7 Å². The average molecular weight is 402 g/mol. The summed E-state index contributed by atoms with van der Waals surface area (Å²) in [5.74, 6) is 1.28. The quantitative estimate of drug-likeness (QED) is 0.300. The Balaban J connectivity index is 1.25. The highest BCUT2D eigenvalue weighted by Gasteiger charge is 2.05. The number of hydrogen-bond acceptors (Lipinski definition) is 3. The largest absolute Gasteiger partial charge is 0.493 e. The predicted octanol–water partition coefficient (Wildman–Crippen LogP) is 6.67. The van der Waals surface area contributed by atoms with E-state index in [-0.39, 0.29) is 0 Å². The van der Waals surface area contributed by atoms with E-state index in [1.165, 1.54) is 24.8 Å². The van der Waals surface area contributed by atoms with Crippen LogP contribution in [0.15, 0.2) is 79.1 Å². The summed E-state index contributed by atoms with van der Waals surface area (Å²) in [5, 5.41) is 0. The minimum Gasteiger partial charge on any atom is -0.493 e. The molecule has 0 aliphatic heterocycles. The number of aromatic nitrogens is 1. The fourth-order valence-electron chi connectivity index (χ4n) is 3.58. The standard InChI is InChI=1S/C27H31NO2/c29-25(22-23-17-19-28-20-18-23)14-8-3-1-2-4-11-21-30-27-16-10-9-15-26(27)24-12-6-5-7-13-24/h5-7,9-10,12-13,15-20H,1-4,8,11,14,21-22H2. The number of benzene rings is 2. The van der Waals surface area contributed by atoms with Crippen LogP contribution in [0.2, 0.25) is 0 Å². The maximum atomic E-state index is 12.0. The van der Waals surface area contributed by atoms with Crippen molar-refractivity contribution in [2.75, 3.05) is 6.61 Å². The molecule has 0 bridgehead atoms. The smallest absolute Gasteiger partial charge is 0.137 e. The Morgan fingerprint density at radius 3 is 2.20 bits per heavy atom. The Bertz CT molecular complexity index is 878. The van der Waals surface area contributed by atoms with Crippen molar-refractivity contribution < 1.29 is 9.53 Å². The SMILES string of the molecule is O=C(CCCCCCCCOc1ccccc1-c1ccccc1)Cc1ccncc1. The number of para-hydroxylation sites is 1. The molecule has 0 unspecified atom stereocenters. The lowest BCUT2D eigenvalue weighted by molar-refractivity contribution is -0.118. The van der Waals surface area contributed by atoms with Gasteiger partial charge in [-0.25, -0.2) is 0 Å². The predicted molar refractivity (Wildman–Crippen MR) is 123 cm³/mol. The van der Waals surface area contributed by atoms with Crippen molar-refractivity contribution >= 4 is 5.78 Å². The van der Waals surface area contributed by atoms with Crippen molar-refractivity contribution in [3.8, 4) is 16.9 Å². The molecule has 0 atom stereocenters. The van der Waals surface area contributed by atoms with Gasteiger partial charge >= 0.3 is 0 Å². The minimum absolute atomic E-state index is 0.326. The summed E-state index contributed by atoms with van der Waals surface area (Å²) in [6, 6.07) is 22.4. The van der Waals surface area contributed by atoms with E-state index >= 15 is 0 Å². The third-order valence-electron chi connectivity index (χ3n) is 5.23. The monoisotopic (exact) mass is 401 g/mol. The molecule has 0 radical (unpaired) electrons. The second kappa shape index (κ2) is 12.6. The van der Waals surface area contributed by atoms with Gasteiger partial charge < -0.3 is 4.74 Å². The topological polar surface area (TPSA) is 39.2 Å². The first-order valence-electron chi connectivity index (χ1n) is 11.0. The maximum absolute atomic E-state index is 12.0. The van der Waals surface area contributed by atoms with Crippen LogP contribution in [0.25, 0.3) is 11.1 Å². The zero-order chi connectivity index (χ0) is 20.9. The van der Waals surface area contributed by atoms with Crippen LogP contribution in [0, 0.1) is 0 Å². The van der Waals surface area contributed by atoms with Crippen LogP contribution in [0.3, 0.4) is 0 Å². The fraction of sp³-hybridized carbons (Fsp3) is 0.333. The van der Waals surface area contributed by atoms with Gasteiger partial charge in [0.25, 0.3) is 0 Å². The lowest BCUT2D eigenvalue weighted by atomic mass is 10.0. The molecule has 2 aromatic carbocycles. The van der Waals surface area contributed by atoms with Gasteiger partial charge in [-0.2, -0.15) is 0 Å². The first-order valence-corrected chi connectivity index (χ1v) is 11.0. The second-order valence-corrected chi connectivity index (χ2v) is 7.65. The number of carbonyl (C=O) groups is 1. The zero-order valence-corrected chi connectivity index (χ0v) is 17.6. The van der Waals surface area contributed by atoms with E-state index in [1.807, 2.05) is 30.3 Å². The van der Waals surface area contributed by atoms with Gasteiger partial charge in [-0.3, -0.25) is 9.78 Å². The normalized spacial score (nSPS) is 10.7.